The Morgan fingerprint density at radius 3 is 2.34 bits per heavy atom. The van der Waals surface area contributed by atoms with Gasteiger partial charge in [-0.25, -0.2) is 19.6 Å². The Hall–Kier alpha value is -2.87. The van der Waals surface area contributed by atoms with Gasteiger partial charge in [0.25, 0.3) is 0 Å². The molecule has 0 amide bonds. The number of carboxylic acid groups (broad SMARTS) is 1. The van der Waals surface area contributed by atoms with Gasteiger partial charge < -0.3 is 15.6 Å². The minimum Gasteiger partial charge on any atom is -0.478 e. The number of benzene rings is 2. The van der Waals surface area contributed by atoms with Crippen molar-refractivity contribution in [1.29, 1.82) is 0 Å². The van der Waals surface area contributed by atoms with E-state index in [9.17, 15) is 9.59 Å². The fraction of sp³-hybridized carbons (Fsp3) is 0.0526. The molecule has 0 spiro atoms. The summed E-state index contributed by atoms with van der Waals surface area (Å²) >= 11 is 18.1. The maximum atomic E-state index is 12.5. The number of ether oxygens (including phenoxy) is 1. The second-order valence-corrected chi connectivity index (χ2v) is 7.02. The summed E-state index contributed by atoms with van der Waals surface area (Å²) in [5.74, 6) is -1.89. The summed E-state index contributed by atoms with van der Waals surface area (Å²) in [5.41, 5.74) is 6.71. The summed E-state index contributed by atoms with van der Waals surface area (Å²) < 4.78 is 5.22. The van der Waals surface area contributed by atoms with Crippen LogP contribution in [0.1, 0.15) is 26.4 Å². The Morgan fingerprint density at radius 2 is 1.72 bits per heavy atom. The third-order valence-electron chi connectivity index (χ3n) is 3.81. The molecule has 0 aliphatic rings. The summed E-state index contributed by atoms with van der Waals surface area (Å²) in [5, 5.41) is 9.46. The molecule has 148 valence electrons. The molecule has 0 unspecified atom stereocenters. The highest BCUT2D eigenvalue weighted by Crippen LogP contribution is 2.31. The third kappa shape index (κ3) is 4.76. The van der Waals surface area contributed by atoms with Gasteiger partial charge in [-0.05, 0) is 35.9 Å². The Labute approximate surface area is 180 Å². The molecule has 0 bridgehead atoms. The van der Waals surface area contributed by atoms with Crippen molar-refractivity contribution in [2.24, 2.45) is 0 Å². The average molecular weight is 453 g/mol. The zero-order valence-electron chi connectivity index (χ0n) is 14.5. The fourth-order valence-corrected chi connectivity index (χ4v) is 3.01. The van der Waals surface area contributed by atoms with Crippen LogP contribution >= 0.6 is 34.8 Å². The van der Waals surface area contributed by atoms with Gasteiger partial charge in [-0.15, -0.1) is 0 Å². The highest BCUT2D eigenvalue weighted by Gasteiger charge is 2.21. The van der Waals surface area contributed by atoms with Crippen LogP contribution in [0.4, 0.5) is 5.82 Å². The van der Waals surface area contributed by atoms with Crippen molar-refractivity contribution in [2.75, 3.05) is 5.73 Å². The largest absolute Gasteiger partial charge is 0.478 e. The minimum atomic E-state index is -1.05. The highest BCUT2D eigenvalue weighted by atomic mass is 35.5. The zero-order valence-corrected chi connectivity index (χ0v) is 16.8. The van der Waals surface area contributed by atoms with E-state index >= 15 is 0 Å². The summed E-state index contributed by atoms with van der Waals surface area (Å²) in [6, 6.07) is 10.6. The van der Waals surface area contributed by atoms with Crippen molar-refractivity contribution in [2.45, 2.75) is 6.61 Å². The molecule has 10 heteroatoms. The SMILES string of the molecule is Nc1nc(-c2ccc(Cl)cc2Cl)nc(C(=O)OCc2ccc(C(=O)O)cc2)c1Cl. The number of esters is 1. The summed E-state index contributed by atoms with van der Waals surface area (Å²) in [6.45, 7) is -0.115. The van der Waals surface area contributed by atoms with Crippen LogP contribution in [0.25, 0.3) is 11.4 Å². The van der Waals surface area contributed by atoms with E-state index in [1.54, 1.807) is 12.1 Å². The monoisotopic (exact) mass is 451 g/mol. The number of aromatic carboxylic acids is 1. The lowest BCUT2D eigenvalue weighted by atomic mass is 10.1. The number of hydrogen-bond donors (Lipinski definition) is 2. The highest BCUT2D eigenvalue weighted by molar-refractivity contribution is 6.37. The van der Waals surface area contributed by atoms with Crippen LogP contribution in [-0.2, 0) is 11.3 Å². The van der Waals surface area contributed by atoms with Gasteiger partial charge in [0.1, 0.15) is 17.4 Å². The molecular weight excluding hydrogens is 441 g/mol. The molecule has 0 saturated heterocycles. The van der Waals surface area contributed by atoms with E-state index in [2.05, 4.69) is 9.97 Å². The number of rotatable bonds is 5. The third-order valence-corrected chi connectivity index (χ3v) is 4.73. The van der Waals surface area contributed by atoms with Crippen molar-refractivity contribution in [3.8, 4) is 11.4 Å². The Balaban J connectivity index is 1.84. The Morgan fingerprint density at radius 1 is 1.03 bits per heavy atom. The Kier molecular flexibility index (Phi) is 6.22. The summed E-state index contributed by atoms with van der Waals surface area (Å²) in [7, 11) is 0. The second-order valence-electron chi connectivity index (χ2n) is 5.80. The van der Waals surface area contributed by atoms with Gasteiger partial charge in [-0.3, -0.25) is 0 Å². The first kappa shape index (κ1) is 20.9. The predicted molar refractivity (Wildman–Crippen MR) is 109 cm³/mol. The molecule has 0 radical (unpaired) electrons. The quantitative estimate of drug-likeness (QED) is 0.537. The van der Waals surface area contributed by atoms with Crippen LogP contribution in [0.5, 0.6) is 0 Å². The number of nitrogens with zero attached hydrogens (tertiary/aromatic N) is 2. The molecule has 0 aliphatic heterocycles. The van der Waals surface area contributed by atoms with Crippen molar-refractivity contribution in [3.05, 3.63) is 74.4 Å². The second kappa shape index (κ2) is 8.65. The molecule has 3 N–H and O–H groups in total. The maximum Gasteiger partial charge on any atom is 0.359 e. The van der Waals surface area contributed by atoms with Crippen molar-refractivity contribution in [3.63, 3.8) is 0 Å². The van der Waals surface area contributed by atoms with E-state index in [1.165, 1.54) is 30.3 Å². The number of carbonyl (C=O) groups excluding carboxylic acids is 1. The zero-order chi connectivity index (χ0) is 21.1. The average Bonchev–Trinajstić information content (AvgIpc) is 2.68. The molecular formula is C19H12Cl3N3O4. The first-order chi connectivity index (χ1) is 13.8. The van der Waals surface area contributed by atoms with Gasteiger partial charge in [0, 0.05) is 10.6 Å². The van der Waals surface area contributed by atoms with E-state index in [1.807, 2.05) is 0 Å². The predicted octanol–water partition coefficient (Wildman–Crippen LogP) is 4.74. The molecule has 0 fully saturated rings. The molecule has 7 nitrogen and oxygen atoms in total. The number of carbonyl (C=O) groups is 2. The number of halogens is 3. The van der Waals surface area contributed by atoms with Gasteiger partial charge >= 0.3 is 11.9 Å². The van der Waals surface area contributed by atoms with Gasteiger partial charge in [-0.2, -0.15) is 0 Å². The summed E-state index contributed by atoms with van der Waals surface area (Å²) in [6.07, 6.45) is 0. The smallest absolute Gasteiger partial charge is 0.359 e. The van der Waals surface area contributed by atoms with Crippen molar-refractivity contribution < 1.29 is 19.4 Å². The minimum absolute atomic E-state index is 0.0892. The maximum absolute atomic E-state index is 12.5. The van der Waals surface area contributed by atoms with Crippen LogP contribution in [0, 0.1) is 0 Å². The normalized spacial score (nSPS) is 10.6. The number of nitrogen functional groups attached to an aromatic ring is 1. The number of aromatic nitrogens is 2. The number of hydrogen-bond acceptors (Lipinski definition) is 6. The van der Waals surface area contributed by atoms with E-state index < -0.39 is 11.9 Å². The number of anilines is 1. The first-order valence-corrected chi connectivity index (χ1v) is 9.17. The molecule has 29 heavy (non-hydrogen) atoms. The van der Waals surface area contributed by atoms with Crippen molar-refractivity contribution in [1.82, 2.24) is 9.97 Å². The topological polar surface area (TPSA) is 115 Å². The molecule has 0 atom stereocenters. The van der Waals surface area contributed by atoms with Gasteiger partial charge in [0.15, 0.2) is 11.5 Å². The molecule has 2 aromatic carbocycles. The van der Waals surface area contributed by atoms with Crippen LogP contribution in [-0.4, -0.2) is 27.0 Å². The molecule has 0 saturated carbocycles. The van der Waals surface area contributed by atoms with Crippen molar-refractivity contribution >= 4 is 52.6 Å². The summed E-state index contributed by atoms with van der Waals surface area (Å²) in [4.78, 5) is 31.6. The van der Waals surface area contributed by atoms with E-state index in [4.69, 9.17) is 50.4 Å². The van der Waals surface area contributed by atoms with E-state index in [0.717, 1.165) is 0 Å². The van der Waals surface area contributed by atoms with E-state index in [-0.39, 0.29) is 39.6 Å². The van der Waals surface area contributed by atoms with Crippen LogP contribution in [0.15, 0.2) is 42.5 Å². The molecule has 3 aromatic rings. The lowest BCUT2D eigenvalue weighted by Gasteiger charge is -2.10. The van der Waals surface area contributed by atoms with Crippen LogP contribution in [0.3, 0.4) is 0 Å². The number of nitrogens with two attached hydrogens (primary N) is 1. The van der Waals surface area contributed by atoms with E-state index in [0.29, 0.717) is 16.1 Å². The lowest BCUT2D eigenvalue weighted by Crippen LogP contribution is -2.12. The molecule has 1 aromatic heterocycles. The fourth-order valence-electron chi connectivity index (χ4n) is 2.35. The van der Waals surface area contributed by atoms with Gasteiger partial charge in [0.2, 0.25) is 0 Å². The van der Waals surface area contributed by atoms with Crippen LogP contribution < -0.4 is 5.73 Å². The Bertz CT molecular complexity index is 1100. The molecule has 1 heterocycles. The molecule has 0 aliphatic carbocycles. The lowest BCUT2D eigenvalue weighted by molar-refractivity contribution is 0.0465. The van der Waals surface area contributed by atoms with Gasteiger partial charge in [0.05, 0.1) is 10.6 Å². The molecule has 3 rings (SSSR count). The van der Waals surface area contributed by atoms with Gasteiger partial charge in [-0.1, -0.05) is 46.9 Å². The first-order valence-electron chi connectivity index (χ1n) is 8.04. The standard InChI is InChI=1S/C19H12Cl3N3O4/c20-11-5-6-12(13(21)7-11)17-24-15(14(22)16(23)25-17)19(28)29-8-9-1-3-10(4-2-9)18(26)27/h1-7H,8H2,(H,26,27)(H2,23,24,25). The number of carboxylic acids is 1. The van der Waals surface area contributed by atoms with Crippen LogP contribution in [0.2, 0.25) is 15.1 Å².